The van der Waals surface area contributed by atoms with Gasteiger partial charge >= 0.3 is 0 Å². The number of hydrogen-bond acceptors (Lipinski definition) is 5. The number of hydrogen-bond donors (Lipinski definition) is 0. The van der Waals surface area contributed by atoms with E-state index in [1.54, 1.807) is 6.07 Å². The van der Waals surface area contributed by atoms with E-state index in [1.165, 1.54) is 23.5 Å². The molecule has 1 heterocycles. The Labute approximate surface area is 161 Å². The second kappa shape index (κ2) is 8.58. The predicted octanol–water partition coefficient (Wildman–Crippen LogP) is 2.12. The molecule has 1 aliphatic heterocycles. The van der Waals surface area contributed by atoms with Crippen LogP contribution >= 0.6 is 0 Å². The summed E-state index contributed by atoms with van der Waals surface area (Å²) in [7, 11) is -2.17. The molecule has 7 nitrogen and oxygen atoms in total. The standard InChI is InChI=1S/C19H28N2O5S/c1-3-21(15-6-4-5-7-15)19(22)17-14-16(8-9-18(17)25-2)27(23,24)20-10-12-26-13-11-20/h8-9,14-15H,3-7,10-13H2,1-2H3. The van der Waals surface area contributed by atoms with Crippen LogP contribution in [0.2, 0.25) is 0 Å². The summed E-state index contributed by atoms with van der Waals surface area (Å²) in [6.45, 7) is 3.95. The van der Waals surface area contributed by atoms with Gasteiger partial charge in [0.2, 0.25) is 10.0 Å². The molecule has 1 aliphatic carbocycles. The highest BCUT2D eigenvalue weighted by Crippen LogP contribution is 2.29. The lowest BCUT2D eigenvalue weighted by atomic mass is 10.1. The molecular formula is C19H28N2O5S. The first-order chi connectivity index (χ1) is 13.0. The van der Waals surface area contributed by atoms with Gasteiger partial charge in [0, 0.05) is 25.7 Å². The van der Waals surface area contributed by atoms with Gasteiger partial charge in [-0.1, -0.05) is 12.8 Å². The molecule has 1 saturated carbocycles. The van der Waals surface area contributed by atoms with Crippen molar-refractivity contribution in [1.82, 2.24) is 9.21 Å². The lowest BCUT2D eigenvalue weighted by Crippen LogP contribution is -2.41. The Balaban J connectivity index is 1.94. The summed E-state index contributed by atoms with van der Waals surface area (Å²) in [4.78, 5) is 15.2. The van der Waals surface area contributed by atoms with Crippen LogP contribution in [0.1, 0.15) is 43.0 Å². The van der Waals surface area contributed by atoms with Crippen LogP contribution in [0.4, 0.5) is 0 Å². The smallest absolute Gasteiger partial charge is 0.257 e. The average Bonchev–Trinajstić information content (AvgIpc) is 3.23. The normalized spacial score (nSPS) is 19.2. The molecule has 3 rings (SSSR count). The van der Waals surface area contributed by atoms with Crippen LogP contribution in [0, 0.1) is 0 Å². The minimum absolute atomic E-state index is 0.121. The first-order valence-corrected chi connectivity index (χ1v) is 11.0. The molecule has 0 atom stereocenters. The number of carbonyl (C=O) groups is 1. The van der Waals surface area contributed by atoms with Gasteiger partial charge in [-0.25, -0.2) is 8.42 Å². The first kappa shape index (κ1) is 20.1. The van der Waals surface area contributed by atoms with Gasteiger partial charge in [-0.2, -0.15) is 4.31 Å². The molecule has 150 valence electrons. The molecule has 0 bridgehead atoms. The van der Waals surface area contributed by atoms with Crippen LogP contribution in [-0.2, 0) is 14.8 Å². The summed E-state index contributed by atoms with van der Waals surface area (Å²) in [5, 5.41) is 0. The highest BCUT2D eigenvalue weighted by molar-refractivity contribution is 7.89. The summed E-state index contributed by atoms with van der Waals surface area (Å²) in [6, 6.07) is 4.76. The zero-order valence-corrected chi connectivity index (χ0v) is 16.8. The van der Waals surface area contributed by atoms with Gasteiger partial charge in [0.15, 0.2) is 0 Å². The minimum Gasteiger partial charge on any atom is -0.496 e. The van der Waals surface area contributed by atoms with Gasteiger partial charge in [0.25, 0.3) is 5.91 Å². The Morgan fingerprint density at radius 1 is 1.26 bits per heavy atom. The molecule has 0 N–H and O–H groups in total. The summed E-state index contributed by atoms with van der Waals surface area (Å²) in [5.41, 5.74) is 0.306. The average molecular weight is 397 g/mol. The van der Waals surface area contributed by atoms with E-state index in [2.05, 4.69) is 0 Å². The fourth-order valence-corrected chi connectivity index (χ4v) is 5.32. The maximum Gasteiger partial charge on any atom is 0.257 e. The summed E-state index contributed by atoms with van der Waals surface area (Å²) in [6.07, 6.45) is 4.23. The van der Waals surface area contributed by atoms with Crippen molar-refractivity contribution in [2.75, 3.05) is 40.0 Å². The molecule has 1 aromatic rings. The van der Waals surface area contributed by atoms with Crippen LogP contribution in [0.15, 0.2) is 23.1 Å². The monoisotopic (exact) mass is 396 g/mol. The Morgan fingerprint density at radius 3 is 2.52 bits per heavy atom. The lowest BCUT2D eigenvalue weighted by Gasteiger charge is -2.29. The topological polar surface area (TPSA) is 76.2 Å². The summed E-state index contributed by atoms with van der Waals surface area (Å²) >= 11 is 0. The van der Waals surface area contributed by atoms with Crippen molar-refractivity contribution in [1.29, 1.82) is 0 Å². The molecule has 2 aliphatic rings. The second-order valence-corrected chi connectivity index (χ2v) is 8.85. The van der Waals surface area contributed by atoms with Crippen LogP contribution in [0.5, 0.6) is 5.75 Å². The zero-order chi connectivity index (χ0) is 19.4. The fourth-order valence-electron chi connectivity index (χ4n) is 3.89. The maximum absolute atomic E-state index is 13.2. The highest BCUT2D eigenvalue weighted by atomic mass is 32.2. The third kappa shape index (κ3) is 4.12. The molecule has 1 amide bonds. The molecule has 1 aromatic carbocycles. The minimum atomic E-state index is -3.67. The number of rotatable bonds is 6. The van der Waals surface area contributed by atoms with Gasteiger partial charge in [-0.3, -0.25) is 4.79 Å². The van der Waals surface area contributed by atoms with Gasteiger partial charge in [0.1, 0.15) is 5.75 Å². The van der Waals surface area contributed by atoms with E-state index in [4.69, 9.17) is 9.47 Å². The summed E-state index contributed by atoms with van der Waals surface area (Å²) in [5.74, 6) is 0.234. The Bertz CT molecular complexity index is 768. The third-order valence-electron chi connectivity index (χ3n) is 5.38. The van der Waals surface area contributed by atoms with Gasteiger partial charge < -0.3 is 14.4 Å². The second-order valence-electron chi connectivity index (χ2n) is 6.91. The Hall–Kier alpha value is -1.64. The molecule has 1 saturated heterocycles. The van der Waals surface area contributed by atoms with Crippen molar-refractivity contribution in [3.8, 4) is 5.75 Å². The quantitative estimate of drug-likeness (QED) is 0.736. The van der Waals surface area contributed by atoms with Crippen LogP contribution in [0.25, 0.3) is 0 Å². The number of carbonyl (C=O) groups excluding carboxylic acids is 1. The number of ether oxygens (including phenoxy) is 2. The molecule has 0 spiro atoms. The van der Waals surface area contributed by atoms with E-state index < -0.39 is 10.0 Å². The molecule has 0 aromatic heterocycles. The van der Waals surface area contributed by atoms with Gasteiger partial charge in [0.05, 0.1) is 30.8 Å². The van der Waals surface area contributed by atoms with Crippen molar-refractivity contribution < 1.29 is 22.7 Å². The van der Waals surface area contributed by atoms with Crippen molar-refractivity contribution >= 4 is 15.9 Å². The van der Waals surface area contributed by atoms with E-state index >= 15 is 0 Å². The molecule has 27 heavy (non-hydrogen) atoms. The number of sulfonamides is 1. The van der Waals surface area contributed by atoms with E-state index in [0.29, 0.717) is 44.2 Å². The number of nitrogens with zero attached hydrogens (tertiary/aromatic N) is 2. The van der Waals surface area contributed by atoms with E-state index in [-0.39, 0.29) is 16.8 Å². The van der Waals surface area contributed by atoms with Crippen LogP contribution in [-0.4, -0.2) is 69.5 Å². The maximum atomic E-state index is 13.2. The molecular weight excluding hydrogens is 368 g/mol. The van der Waals surface area contributed by atoms with Gasteiger partial charge in [-0.05, 0) is 38.0 Å². The predicted molar refractivity (Wildman–Crippen MR) is 102 cm³/mol. The number of benzene rings is 1. The van der Waals surface area contributed by atoms with Crippen molar-refractivity contribution in [3.05, 3.63) is 23.8 Å². The third-order valence-corrected chi connectivity index (χ3v) is 7.27. The Morgan fingerprint density at radius 2 is 1.93 bits per heavy atom. The van der Waals surface area contributed by atoms with Crippen LogP contribution < -0.4 is 4.74 Å². The molecule has 0 unspecified atom stereocenters. The number of morpholine rings is 1. The fraction of sp³-hybridized carbons (Fsp3) is 0.632. The largest absolute Gasteiger partial charge is 0.496 e. The van der Waals surface area contributed by atoms with E-state index in [0.717, 1.165) is 25.7 Å². The van der Waals surface area contributed by atoms with Crippen LogP contribution in [0.3, 0.4) is 0 Å². The van der Waals surface area contributed by atoms with E-state index in [9.17, 15) is 13.2 Å². The zero-order valence-electron chi connectivity index (χ0n) is 16.0. The SMILES string of the molecule is CCN(C(=O)c1cc(S(=O)(=O)N2CCOCC2)ccc1OC)C1CCCC1. The first-order valence-electron chi connectivity index (χ1n) is 9.56. The number of methoxy groups -OCH3 is 1. The number of amides is 1. The van der Waals surface area contributed by atoms with E-state index in [1.807, 2.05) is 11.8 Å². The Kier molecular flexibility index (Phi) is 6.39. The van der Waals surface area contributed by atoms with Gasteiger partial charge in [-0.15, -0.1) is 0 Å². The lowest BCUT2D eigenvalue weighted by molar-refractivity contribution is 0.0689. The molecule has 2 fully saturated rings. The van der Waals surface area contributed by atoms with Crippen molar-refractivity contribution in [3.63, 3.8) is 0 Å². The summed E-state index contributed by atoms with van der Waals surface area (Å²) < 4.78 is 37.9. The molecule has 8 heteroatoms. The molecule has 0 radical (unpaired) electrons. The highest BCUT2D eigenvalue weighted by Gasteiger charge is 2.31. The van der Waals surface area contributed by atoms with Crippen molar-refractivity contribution in [2.24, 2.45) is 0 Å². The van der Waals surface area contributed by atoms with Crippen molar-refractivity contribution in [2.45, 2.75) is 43.5 Å².